The number of aliphatic hydroxyl groups is 1. The predicted octanol–water partition coefficient (Wildman–Crippen LogP) is 3.47. The number of hydrogen-bond donors (Lipinski definition) is 1. The fourth-order valence-electron chi connectivity index (χ4n) is 3.75. The first-order chi connectivity index (χ1) is 11.9. The number of nitrogens with zero attached hydrogens (tertiary/aromatic N) is 2. The highest BCUT2D eigenvalue weighted by Crippen LogP contribution is 2.27. The number of piperidine rings is 1. The maximum atomic E-state index is 14.2. The van der Waals surface area contributed by atoms with Crippen molar-refractivity contribution in [3.05, 3.63) is 53.1 Å². The Bertz CT molecular complexity index is 784. The van der Waals surface area contributed by atoms with Gasteiger partial charge in [-0.15, -0.1) is 0 Å². The number of halogens is 1. The van der Waals surface area contributed by atoms with Crippen LogP contribution in [0.3, 0.4) is 0 Å². The molecule has 0 spiro atoms. The standard InChI is InChI=1S/C20H25FN2O2/c1-13-8-9-16(12-24)11-22(13)20(25)17-10-14(2)23(15(17)3)19-7-5-4-6-18(19)21/h4-7,10,13,16,24H,8-9,11-12H2,1-3H3. The summed E-state index contributed by atoms with van der Waals surface area (Å²) < 4.78 is 16.0. The van der Waals surface area contributed by atoms with E-state index in [1.807, 2.05) is 31.7 Å². The van der Waals surface area contributed by atoms with Crippen LogP contribution in [0.25, 0.3) is 5.69 Å². The lowest BCUT2D eigenvalue weighted by Gasteiger charge is -2.37. The molecule has 0 saturated carbocycles. The molecule has 2 aromatic rings. The van der Waals surface area contributed by atoms with Crippen LogP contribution < -0.4 is 0 Å². The van der Waals surface area contributed by atoms with Crippen molar-refractivity contribution in [3.8, 4) is 5.69 Å². The third-order valence-corrected chi connectivity index (χ3v) is 5.25. The van der Waals surface area contributed by atoms with Crippen molar-refractivity contribution in [2.75, 3.05) is 13.2 Å². The van der Waals surface area contributed by atoms with Crippen molar-refractivity contribution < 1.29 is 14.3 Å². The van der Waals surface area contributed by atoms with Gasteiger partial charge in [0.25, 0.3) is 5.91 Å². The Kier molecular flexibility index (Phi) is 4.95. The molecule has 2 atom stereocenters. The average Bonchev–Trinajstić information content (AvgIpc) is 2.90. The van der Waals surface area contributed by atoms with Gasteiger partial charge >= 0.3 is 0 Å². The van der Waals surface area contributed by atoms with Gasteiger partial charge in [0, 0.05) is 30.6 Å². The van der Waals surface area contributed by atoms with Crippen LogP contribution in [-0.4, -0.2) is 39.7 Å². The summed E-state index contributed by atoms with van der Waals surface area (Å²) in [6, 6.07) is 8.57. The van der Waals surface area contributed by atoms with Crippen molar-refractivity contribution in [2.45, 2.75) is 39.7 Å². The van der Waals surface area contributed by atoms with Gasteiger partial charge in [0.05, 0.1) is 11.3 Å². The first-order valence-corrected chi connectivity index (χ1v) is 8.79. The molecule has 1 aliphatic rings. The van der Waals surface area contributed by atoms with E-state index in [-0.39, 0.29) is 30.3 Å². The molecular weight excluding hydrogens is 319 g/mol. The predicted molar refractivity (Wildman–Crippen MR) is 95.5 cm³/mol. The molecule has 134 valence electrons. The molecule has 1 aliphatic heterocycles. The molecule has 2 unspecified atom stereocenters. The smallest absolute Gasteiger partial charge is 0.255 e. The largest absolute Gasteiger partial charge is 0.396 e. The Morgan fingerprint density at radius 1 is 1.28 bits per heavy atom. The molecule has 5 heteroatoms. The molecule has 4 nitrogen and oxygen atoms in total. The summed E-state index contributed by atoms with van der Waals surface area (Å²) in [5, 5.41) is 9.45. The van der Waals surface area contributed by atoms with E-state index in [1.165, 1.54) is 6.07 Å². The molecule has 2 heterocycles. The fraction of sp³-hybridized carbons (Fsp3) is 0.450. The Morgan fingerprint density at radius 3 is 2.68 bits per heavy atom. The van der Waals surface area contributed by atoms with Crippen LogP contribution in [0, 0.1) is 25.6 Å². The Hall–Kier alpha value is -2.14. The SMILES string of the molecule is Cc1cc(C(=O)N2CC(CO)CCC2C)c(C)n1-c1ccccc1F. The Balaban J connectivity index is 1.97. The van der Waals surface area contributed by atoms with Gasteiger partial charge in [0.15, 0.2) is 0 Å². The van der Waals surface area contributed by atoms with Gasteiger partial charge in [-0.3, -0.25) is 4.79 Å². The number of aryl methyl sites for hydroxylation is 1. The van der Waals surface area contributed by atoms with E-state index in [0.29, 0.717) is 17.8 Å². The van der Waals surface area contributed by atoms with Gasteiger partial charge in [-0.05, 0) is 57.7 Å². The second kappa shape index (κ2) is 7.00. The second-order valence-corrected chi connectivity index (χ2v) is 7.00. The third-order valence-electron chi connectivity index (χ3n) is 5.25. The van der Waals surface area contributed by atoms with Crippen LogP contribution in [0.15, 0.2) is 30.3 Å². The zero-order valence-electron chi connectivity index (χ0n) is 15.0. The number of para-hydroxylation sites is 1. The van der Waals surface area contributed by atoms with Gasteiger partial charge in [0.1, 0.15) is 5.82 Å². The number of amides is 1. The molecule has 0 aliphatic carbocycles. The summed E-state index contributed by atoms with van der Waals surface area (Å²) in [7, 11) is 0. The molecule has 1 amide bonds. The number of benzene rings is 1. The highest BCUT2D eigenvalue weighted by atomic mass is 19.1. The first-order valence-electron chi connectivity index (χ1n) is 8.79. The Labute approximate surface area is 147 Å². The summed E-state index contributed by atoms with van der Waals surface area (Å²) in [5.74, 6) is -0.216. The highest BCUT2D eigenvalue weighted by molar-refractivity contribution is 5.96. The van der Waals surface area contributed by atoms with Crippen molar-refractivity contribution in [2.24, 2.45) is 5.92 Å². The molecule has 1 aromatic carbocycles. The second-order valence-electron chi connectivity index (χ2n) is 7.00. The fourth-order valence-corrected chi connectivity index (χ4v) is 3.75. The number of aliphatic hydroxyl groups excluding tert-OH is 1. The third kappa shape index (κ3) is 3.21. The molecule has 0 bridgehead atoms. The van der Waals surface area contributed by atoms with E-state index >= 15 is 0 Å². The van der Waals surface area contributed by atoms with Crippen LogP contribution in [0.5, 0.6) is 0 Å². The summed E-state index contributed by atoms with van der Waals surface area (Å²) in [4.78, 5) is 15.0. The molecular formula is C20H25FN2O2. The topological polar surface area (TPSA) is 45.5 Å². The van der Waals surface area contributed by atoms with Crippen LogP contribution in [0.1, 0.15) is 41.5 Å². The maximum Gasteiger partial charge on any atom is 0.255 e. The van der Waals surface area contributed by atoms with Gasteiger partial charge in [-0.1, -0.05) is 12.1 Å². The van der Waals surface area contributed by atoms with E-state index < -0.39 is 0 Å². The number of carbonyl (C=O) groups excluding carboxylic acids is 1. The lowest BCUT2D eigenvalue weighted by molar-refractivity contribution is 0.0488. The zero-order chi connectivity index (χ0) is 18.1. The molecule has 1 N–H and O–H groups in total. The number of carbonyl (C=O) groups is 1. The minimum Gasteiger partial charge on any atom is -0.396 e. The number of likely N-dealkylation sites (tertiary alicyclic amines) is 1. The molecule has 1 saturated heterocycles. The average molecular weight is 344 g/mol. The Morgan fingerprint density at radius 2 is 2.00 bits per heavy atom. The van der Waals surface area contributed by atoms with Gasteiger partial charge in [0.2, 0.25) is 0 Å². The van der Waals surface area contributed by atoms with E-state index in [0.717, 1.165) is 24.2 Å². The van der Waals surface area contributed by atoms with Crippen LogP contribution in [0.4, 0.5) is 4.39 Å². The monoisotopic (exact) mass is 344 g/mol. The van der Waals surface area contributed by atoms with Crippen molar-refractivity contribution in [3.63, 3.8) is 0 Å². The van der Waals surface area contributed by atoms with Gasteiger partial charge < -0.3 is 14.6 Å². The molecule has 1 aromatic heterocycles. The minimum absolute atomic E-state index is 0.0404. The van der Waals surface area contributed by atoms with Gasteiger partial charge in [-0.25, -0.2) is 4.39 Å². The summed E-state index contributed by atoms with van der Waals surface area (Å²) in [6.07, 6.45) is 1.83. The number of rotatable bonds is 3. The van der Waals surface area contributed by atoms with Gasteiger partial charge in [-0.2, -0.15) is 0 Å². The van der Waals surface area contributed by atoms with Crippen LogP contribution in [0.2, 0.25) is 0 Å². The summed E-state index contributed by atoms with van der Waals surface area (Å²) >= 11 is 0. The lowest BCUT2D eigenvalue weighted by Crippen LogP contribution is -2.46. The number of aromatic nitrogens is 1. The van der Waals surface area contributed by atoms with E-state index in [4.69, 9.17) is 0 Å². The van der Waals surface area contributed by atoms with Crippen molar-refractivity contribution in [1.29, 1.82) is 0 Å². The quantitative estimate of drug-likeness (QED) is 0.927. The normalized spacial score (nSPS) is 20.8. The maximum absolute atomic E-state index is 14.2. The molecule has 25 heavy (non-hydrogen) atoms. The van der Waals surface area contributed by atoms with E-state index in [9.17, 15) is 14.3 Å². The summed E-state index contributed by atoms with van der Waals surface area (Å²) in [5.41, 5.74) is 2.63. The van der Waals surface area contributed by atoms with Crippen LogP contribution in [-0.2, 0) is 0 Å². The number of hydrogen-bond acceptors (Lipinski definition) is 2. The van der Waals surface area contributed by atoms with Crippen LogP contribution >= 0.6 is 0 Å². The first kappa shape index (κ1) is 17.7. The minimum atomic E-state index is -0.310. The van der Waals surface area contributed by atoms with Crippen molar-refractivity contribution >= 4 is 5.91 Å². The molecule has 3 rings (SSSR count). The van der Waals surface area contributed by atoms with E-state index in [1.54, 1.807) is 22.8 Å². The van der Waals surface area contributed by atoms with E-state index in [2.05, 4.69) is 0 Å². The highest BCUT2D eigenvalue weighted by Gasteiger charge is 2.31. The summed E-state index contributed by atoms with van der Waals surface area (Å²) in [6.45, 7) is 6.45. The molecule has 1 fully saturated rings. The molecule has 0 radical (unpaired) electrons. The van der Waals surface area contributed by atoms with Crippen molar-refractivity contribution in [1.82, 2.24) is 9.47 Å². The zero-order valence-corrected chi connectivity index (χ0v) is 15.0. The lowest BCUT2D eigenvalue weighted by atomic mass is 9.93.